The average molecular weight is 295 g/mol. The summed E-state index contributed by atoms with van der Waals surface area (Å²) in [6.07, 6.45) is 10.1. The summed E-state index contributed by atoms with van der Waals surface area (Å²) >= 11 is 0. The van der Waals surface area contributed by atoms with E-state index in [0.717, 1.165) is 19.4 Å². The van der Waals surface area contributed by atoms with E-state index < -0.39 is 0 Å². The van der Waals surface area contributed by atoms with Crippen LogP contribution in [0.4, 0.5) is 0 Å². The molecule has 3 nitrogen and oxygen atoms in total. The largest absolute Gasteiger partial charge is 0.389 e. The maximum Gasteiger partial charge on any atom is 0.0897 e. The number of aliphatic hydroxyl groups is 1. The first kappa shape index (κ1) is 17.0. The second kappa shape index (κ2) is 7.75. The number of hydrogen-bond donors (Lipinski definition) is 2. The van der Waals surface area contributed by atoms with Crippen molar-refractivity contribution in [3.8, 4) is 0 Å². The molecule has 0 spiro atoms. The molecule has 3 heteroatoms. The minimum atomic E-state index is -0.386. The Hall–Kier alpha value is -0.380. The van der Waals surface area contributed by atoms with Crippen molar-refractivity contribution >= 4 is 0 Å². The number of hydrogen-bond acceptors (Lipinski definition) is 3. The standard InChI is InChI=1S/C18H33NO2/c1-14-6-4-5-7-15(14)12-21-13-17(20)11-19-16-8-9-18(2,3)10-16/h4-5,14-17,19-20H,6-13H2,1-3H3. The lowest BCUT2D eigenvalue weighted by molar-refractivity contribution is 0.0119. The summed E-state index contributed by atoms with van der Waals surface area (Å²) in [5.41, 5.74) is 0.462. The van der Waals surface area contributed by atoms with E-state index in [4.69, 9.17) is 4.74 Å². The summed E-state index contributed by atoms with van der Waals surface area (Å²) in [6, 6.07) is 0.568. The van der Waals surface area contributed by atoms with Gasteiger partial charge in [-0.15, -0.1) is 0 Å². The number of aliphatic hydroxyl groups excluding tert-OH is 1. The van der Waals surface area contributed by atoms with Gasteiger partial charge in [0.25, 0.3) is 0 Å². The van der Waals surface area contributed by atoms with Gasteiger partial charge in [-0.1, -0.05) is 32.9 Å². The molecule has 1 fully saturated rings. The van der Waals surface area contributed by atoms with Crippen LogP contribution in [0.5, 0.6) is 0 Å². The fourth-order valence-electron chi connectivity index (χ4n) is 3.57. The molecule has 0 aliphatic heterocycles. The number of rotatable bonds is 7. The minimum Gasteiger partial charge on any atom is -0.389 e. The normalized spacial score (nSPS) is 33.2. The number of nitrogens with one attached hydrogen (secondary N) is 1. The molecule has 0 amide bonds. The fraction of sp³-hybridized carbons (Fsp3) is 0.889. The van der Waals surface area contributed by atoms with Crippen LogP contribution in [0, 0.1) is 17.3 Å². The molecule has 2 aliphatic carbocycles. The van der Waals surface area contributed by atoms with Crippen LogP contribution in [-0.4, -0.2) is 37.0 Å². The minimum absolute atomic E-state index is 0.386. The molecule has 0 aromatic carbocycles. The zero-order chi connectivity index (χ0) is 15.3. The van der Waals surface area contributed by atoms with Crippen molar-refractivity contribution in [2.24, 2.45) is 17.3 Å². The SMILES string of the molecule is CC1CC=CCC1COCC(O)CNC1CCC(C)(C)C1. The molecule has 122 valence electrons. The zero-order valence-corrected chi connectivity index (χ0v) is 14.0. The third-order valence-corrected chi connectivity index (χ3v) is 5.17. The van der Waals surface area contributed by atoms with Crippen LogP contribution in [0.1, 0.15) is 52.9 Å². The van der Waals surface area contributed by atoms with Gasteiger partial charge >= 0.3 is 0 Å². The Morgan fingerprint density at radius 3 is 2.76 bits per heavy atom. The van der Waals surface area contributed by atoms with Crippen molar-refractivity contribution in [3.63, 3.8) is 0 Å². The summed E-state index contributed by atoms with van der Waals surface area (Å²) < 4.78 is 5.74. The molecular formula is C18H33NO2. The van der Waals surface area contributed by atoms with E-state index in [1.807, 2.05) is 0 Å². The first-order chi connectivity index (χ1) is 9.96. The van der Waals surface area contributed by atoms with Gasteiger partial charge in [-0.3, -0.25) is 0 Å². The van der Waals surface area contributed by atoms with E-state index in [1.54, 1.807) is 0 Å². The molecule has 4 unspecified atom stereocenters. The predicted molar refractivity (Wildman–Crippen MR) is 87.3 cm³/mol. The summed E-state index contributed by atoms with van der Waals surface area (Å²) in [4.78, 5) is 0. The van der Waals surface area contributed by atoms with Crippen molar-refractivity contribution in [2.45, 2.75) is 65.0 Å². The van der Waals surface area contributed by atoms with Crippen molar-refractivity contribution in [1.29, 1.82) is 0 Å². The Morgan fingerprint density at radius 1 is 1.33 bits per heavy atom. The third kappa shape index (κ3) is 5.72. The fourth-order valence-corrected chi connectivity index (χ4v) is 3.57. The molecule has 1 saturated carbocycles. The maximum atomic E-state index is 10.0. The molecule has 21 heavy (non-hydrogen) atoms. The highest BCUT2D eigenvalue weighted by Crippen LogP contribution is 2.36. The molecule has 0 radical (unpaired) electrons. The molecule has 2 aliphatic rings. The van der Waals surface area contributed by atoms with Crippen LogP contribution in [0.3, 0.4) is 0 Å². The summed E-state index contributed by atoms with van der Waals surface area (Å²) in [5.74, 6) is 1.32. The van der Waals surface area contributed by atoms with Crippen LogP contribution in [-0.2, 0) is 4.74 Å². The van der Waals surface area contributed by atoms with Gasteiger partial charge in [0.05, 0.1) is 19.3 Å². The molecule has 0 aromatic heterocycles. The molecule has 2 N–H and O–H groups in total. The monoisotopic (exact) mass is 295 g/mol. The smallest absolute Gasteiger partial charge is 0.0897 e. The van der Waals surface area contributed by atoms with Crippen LogP contribution in [0.2, 0.25) is 0 Å². The predicted octanol–water partition coefficient (Wildman–Crippen LogP) is 3.13. The van der Waals surface area contributed by atoms with E-state index in [2.05, 4.69) is 38.2 Å². The Labute approximate surface area is 130 Å². The molecule has 0 bridgehead atoms. The molecular weight excluding hydrogens is 262 g/mol. The van der Waals surface area contributed by atoms with E-state index in [9.17, 15) is 5.11 Å². The van der Waals surface area contributed by atoms with Gasteiger partial charge in [0.1, 0.15) is 0 Å². The Balaban J connectivity index is 1.55. The topological polar surface area (TPSA) is 41.5 Å². The van der Waals surface area contributed by atoms with E-state index >= 15 is 0 Å². The highest BCUT2D eigenvalue weighted by molar-refractivity contribution is 4.93. The van der Waals surface area contributed by atoms with Gasteiger partial charge in [0.15, 0.2) is 0 Å². The van der Waals surface area contributed by atoms with Crippen LogP contribution < -0.4 is 5.32 Å². The van der Waals surface area contributed by atoms with E-state index in [1.165, 1.54) is 19.3 Å². The Bertz CT molecular complexity index is 340. The van der Waals surface area contributed by atoms with Gasteiger partial charge in [-0.2, -0.15) is 0 Å². The van der Waals surface area contributed by atoms with Gasteiger partial charge in [0.2, 0.25) is 0 Å². The van der Waals surface area contributed by atoms with E-state index in [0.29, 0.717) is 36.4 Å². The Kier molecular flexibility index (Phi) is 6.27. The van der Waals surface area contributed by atoms with Gasteiger partial charge in [-0.25, -0.2) is 0 Å². The van der Waals surface area contributed by atoms with Crippen LogP contribution in [0.15, 0.2) is 12.2 Å². The van der Waals surface area contributed by atoms with Crippen molar-refractivity contribution in [2.75, 3.05) is 19.8 Å². The van der Waals surface area contributed by atoms with Crippen LogP contribution in [0.25, 0.3) is 0 Å². The zero-order valence-electron chi connectivity index (χ0n) is 14.0. The average Bonchev–Trinajstić information content (AvgIpc) is 2.78. The van der Waals surface area contributed by atoms with Gasteiger partial charge < -0.3 is 15.2 Å². The molecule has 0 heterocycles. The summed E-state index contributed by atoms with van der Waals surface area (Å²) in [5, 5.41) is 13.5. The summed E-state index contributed by atoms with van der Waals surface area (Å²) in [6.45, 7) is 8.83. The van der Waals surface area contributed by atoms with Crippen LogP contribution >= 0.6 is 0 Å². The first-order valence-corrected chi connectivity index (χ1v) is 8.60. The van der Waals surface area contributed by atoms with Crippen molar-refractivity contribution in [3.05, 3.63) is 12.2 Å². The second-order valence-electron chi connectivity index (χ2n) is 7.88. The molecule has 4 atom stereocenters. The lowest BCUT2D eigenvalue weighted by atomic mass is 9.85. The lowest BCUT2D eigenvalue weighted by Gasteiger charge is -2.25. The van der Waals surface area contributed by atoms with Crippen molar-refractivity contribution in [1.82, 2.24) is 5.32 Å². The Morgan fingerprint density at radius 2 is 2.10 bits per heavy atom. The first-order valence-electron chi connectivity index (χ1n) is 8.60. The van der Waals surface area contributed by atoms with E-state index in [-0.39, 0.29) is 6.10 Å². The van der Waals surface area contributed by atoms with Gasteiger partial charge in [0, 0.05) is 12.6 Å². The highest BCUT2D eigenvalue weighted by atomic mass is 16.5. The highest BCUT2D eigenvalue weighted by Gasteiger charge is 2.30. The third-order valence-electron chi connectivity index (χ3n) is 5.17. The molecule has 0 saturated heterocycles. The second-order valence-corrected chi connectivity index (χ2v) is 7.88. The molecule has 2 rings (SSSR count). The summed E-state index contributed by atoms with van der Waals surface area (Å²) in [7, 11) is 0. The maximum absolute atomic E-state index is 10.0. The number of allylic oxidation sites excluding steroid dienone is 2. The van der Waals surface area contributed by atoms with Crippen molar-refractivity contribution < 1.29 is 9.84 Å². The quantitative estimate of drug-likeness (QED) is 0.709. The number of ether oxygens (including phenoxy) is 1. The molecule has 0 aromatic rings. The lowest BCUT2D eigenvalue weighted by Crippen LogP contribution is -2.37. The van der Waals surface area contributed by atoms with Gasteiger partial charge in [-0.05, 0) is 49.4 Å².